The van der Waals surface area contributed by atoms with E-state index in [4.69, 9.17) is 0 Å². The summed E-state index contributed by atoms with van der Waals surface area (Å²) in [4.78, 5) is 0.404. The smallest absolute Gasteiger partial charge is 0.212 e. The summed E-state index contributed by atoms with van der Waals surface area (Å²) >= 11 is 0. The molecule has 0 aliphatic rings. The van der Waals surface area contributed by atoms with Crippen LogP contribution in [0.4, 0.5) is 0 Å². The van der Waals surface area contributed by atoms with Gasteiger partial charge >= 0.3 is 0 Å². The first-order chi connectivity index (χ1) is 5.04. The summed E-state index contributed by atoms with van der Waals surface area (Å²) in [7, 11) is -3.16. The van der Waals surface area contributed by atoms with E-state index in [1.165, 1.54) is 0 Å². The molecule has 0 aromatic heterocycles. The molecule has 0 aliphatic carbocycles. The van der Waals surface area contributed by atoms with Crippen molar-refractivity contribution in [2.75, 3.05) is 6.54 Å². The van der Waals surface area contributed by atoms with Crippen molar-refractivity contribution in [1.29, 1.82) is 0 Å². The average Bonchev–Trinajstić information content (AvgIpc) is 1.88. The van der Waals surface area contributed by atoms with Crippen LogP contribution in [0.15, 0.2) is 11.0 Å². The van der Waals surface area contributed by atoms with Crippen molar-refractivity contribution in [2.45, 2.75) is 27.2 Å². The zero-order valence-corrected chi connectivity index (χ0v) is 8.03. The number of rotatable bonds is 4. The molecule has 0 unspecified atom stereocenters. The van der Waals surface area contributed by atoms with E-state index in [1.807, 2.05) is 6.92 Å². The molecule has 0 bridgehead atoms. The van der Waals surface area contributed by atoms with Crippen LogP contribution in [0.2, 0.25) is 0 Å². The molecule has 0 saturated carbocycles. The molecule has 0 radical (unpaired) electrons. The second-order valence-corrected chi connectivity index (χ2v) is 4.16. The lowest BCUT2D eigenvalue weighted by atomic mass is 10.4. The van der Waals surface area contributed by atoms with Crippen molar-refractivity contribution < 1.29 is 8.42 Å². The highest BCUT2D eigenvalue weighted by molar-refractivity contribution is 7.93. The van der Waals surface area contributed by atoms with Crippen LogP contribution in [0.25, 0.3) is 0 Å². The molecule has 0 aliphatic heterocycles. The first kappa shape index (κ1) is 10.7. The zero-order chi connectivity index (χ0) is 8.91. The number of sulfonamides is 1. The van der Waals surface area contributed by atoms with Gasteiger partial charge in [-0.15, -0.1) is 0 Å². The molecule has 0 rings (SSSR count). The van der Waals surface area contributed by atoms with E-state index < -0.39 is 10.0 Å². The highest BCUT2D eigenvalue weighted by Crippen LogP contribution is 2.02. The Morgan fingerprint density at radius 1 is 1.45 bits per heavy atom. The Morgan fingerprint density at radius 3 is 2.36 bits per heavy atom. The molecular weight excluding hydrogens is 162 g/mol. The lowest BCUT2D eigenvalue weighted by Gasteiger charge is -2.02. The molecule has 0 aromatic rings. The Labute approximate surface area is 68.5 Å². The maximum atomic E-state index is 11.1. The van der Waals surface area contributed by atoms with Crippen LogP contribution in [0, 0.1) is 0 Å². The van der Waals surface area contributed by atoms with Gasteiger partial charge in [-0.2, -0.15) is 0 Å². The van der Waals surface area contributed by atoms with Gasteiger partial charge < -0.3 is 0 Å². The predicted molar refractivity (Wildman–Crippen MR) is 46.6 cm³/mol. The van der Waals surface area contributed by atoms with Crippen molar-refractivity contribution in [2.24, 2.45) is 0 Å². The van der Waals surface area contributed by atoms with Crippen molar-refractivity contribution in [3.8, 4) is 0 Å². The second-order valence-electron chi connectivity index (χ2n) is 2.22. The molecule has 0 spiro atoms. The Kier molecular flexibility index (Phi) is 4.37. The molecule has 11 heavy (non-hydrogen) atoms. The van der Waals surface area contributed by atoms with Gasteiger partial charge in [0.15, 0.2) is 0 Å². The van der Waals surface area contributed by atoms with Gasteiger partial charge in [-0.25, -0.2) is 13.1 Å². The van der Waals surface area contributed by atoms with Crippen molar-refractivity contribution in [3.05, 3.63) is 11.0 Å². The fourth-order valence-corrected chi connectivity index (χ4v) is 1.69. The first-order valence-electron chi connectivity index (χ1n) is 3.71. The van der Waals surface area contributed by atoms with Gasteiger partial charge in [0.1, 0.15) is 0 Å². The van der Waals surface area contributed by atoms with Gasteiger partial charge in [0.05, 0.1) is 4.91 Å². The molecule has 4 heteroatoms. The highest BCUT2D eigenvalue weighted by Gasteiger charge is 2.09. The monoisotopic (exact) mass is 177 g/mol. The van der Waals surface area contributed by atoms with Gasteiger partial charge in [-0.1, -0.05) is 19.9 Å². The van der Waals surface area contributed by atoms with E-state index in [0.717, 1.165) is 6.42 Å². The van der Waals surface area contributed by atoms with E-state index >= 15 is 0 Å². The minimum Gasteiger partial charge on any atom is -0.212 e. The molecule has 0 aromatic carbocycles. The van der Waals surface area contributed by atoms with Crippen LogP contribution in [0.3, 0.4) is 0 Å². The minimum absolute atomic E-state index is 0.404. The van der Waals surface area contributed by atoms with Crippen LogP contribution < -0.4 is 4.72 Å². The van der Waals surface area contributed by atoms with Crippen molar-refractivity contribution in [3.63, 3.8) is 0 Å². The normalized spacial score (nSPS) is 13.5. The Morgan fingerprint density at radius 2 is 2.00 bits per heavy atom. The summed E-state index contributed by atoms with van der Waals surface area (Å²) in [6.45, 7) is 5.71. The molecule has 0 atom stereocenters. The third-order valence-corrected chi connectivity index (χ3v) is 2.93. The summed E-state index contributed by atoms with van der Waals surface area (Å²) in [5.41, 5.74) is 0. The molecule has 1 N–H and O–H groups in total. The summed E-state index contributed by atoms with van der Waals surface area (Å²) in [5.74, 6) is 0. The fraction of sp³-hybridized carbons (Fsp3) is 0.714. The molecule has 0 fully saturated rings. The van der Waals surface area contributed by atoms with E-state index in [2.05, 4.69) is 4.72 Å². The third-order valence-electron chi connectivity index (χ3n) is 1.25. The third kappa shape index (κ3) is 3.53. The molecule has 66 valence electrons. The fourth-order valence-electron chi connectivity index (χ4n) is 0.701. The summed E-state index contributed by atoms with van der Waals surface area (Å²) in [6.07, 6.45) is 2.44. The largest absolute Gasteiger partial charge is 0.236 e. The number of nitrogens with one attached hydrogen (secondary N) is 1. The summed E-state index contributed by atoms with van der Waals surface area (Å²) in [5, 5.41) is 0. The lowest BCUT2D eigenvalue weighted by molar-refractivity contribution is 0.590. The molecule has 0 amide bonds. The van der Waals surface area contributed by atoms with E-state index in [0.29, 0.717) is 11.4 Å². The zero-order valence-electron chi connectivity index (χ0n) is 7.22. The Hall–Kier alpha value is -0.350. The predicted octanol–water partition coefficient (Wildman–Crippen LogP) is 1.24. The maximum Gasteiger partial charge on any atom is 0.236 e. The van der Waals surface area contributed by atoms with Crippen LogP contribution in [-0.4, -0.2) is 15.0 Å². The number of hydrogen-bond acceptors (Lipinski definition) is 2. The first-order valence-corrected chi connectivity index (χ1v) is 5.19. The summed E-state index contributed by atoms with van der Waals surface area (Å²) < 4.78 is 24.7. The summed E-state index contributed by atoms with van der Waals surface area (Å²) in [6, 6.07) is 0. The van der Waals surface area contributed by atoms with Crippen LogP contribution in [0.1, 0.15) is 27.2 Å². The maximum absolute atomic E-state index is 11.1. The van der Waals surface area contributed by atoms with Gasteiger partial charge in [0.2, 0.25) is 10.0 Å². The Bertz CT molecular complexity index is 229. The lowest BCUT2D eigenvalue weighted by Crippen LogP contribution is -2.23. The molecule has 0 heterocycles. The standard InChI is InChI=1S/C7H15NO2S/c1-4-6-7(3)11(9,10)8-5-2/h6,8H,4-5H2,1-3H3/b7-6+. The molecule has 3 nitrogen and oxygen atoms in total. The highest BCUT2D eigenvalue weighted by atomic mass is 32.2. The van der Waals surface area contributed by atoms with Crippen LogP contribution in [0.5, 0.6) is 0 Å². The second kappa shape index (κ2) is 4.51. The van der Waals surface area contributed by atoms with Crippen molar-refractivity contribution >= 4 is 10.0 Å². The molecular formula is C7H15NO2S. The topological polar surface area (TPSA) is 46.2 Å². The van der Waals surface area contributed by atoms with Gasteiger partial charge in [0, 0.05) is 6.54 Å². The van der Waals surface area contributed by atoms with Crippen LogP contribution >= 0.6 is 0 Å². The van der Waals surface area contributed by atoms with Gasteiger partial charge in [-0.05, 0) is 13.3 Å². The van der Waals surface area contributed by atoms with Gasteiger partial charge in [0.25, 0.3) is 0 Å². The SMILES string of the molecule is CC/C=C(\C)S(=O)(=O)NCC. The quantitative estimate of drug-likeness (QED) is 0.702. The van der Waals surface area contributed by atoms with E-state index in [-0.39, 0.29) is 0 Å². The Balaban J connectivity index is 4.44. The minimum atomic E-state index is -3.16. The van der Waals surface area contributed by atoms with Gasteiger partial charge in [-0.3, -0.25) is 0 Å². The average molecular weight is 177 g/mol. The van der Waals surface area contributed by atoms with E-state index in [9.17, 15) is 8.42 Å². The van der Waals surface area contributed by atoms with Crippen LogP contribution in [-0.2, 0) is 10.0 Å². The van der Waals surface area contributed by atoms with Crippen molar-refractivity contribution in [1.82, 2.24) is 4.72 Å². The number of hydrogen-bond donors (Lipinski definition) is 1. The molecule has 0 saturated heterocycles. The van der Waals surface area contributed by atoms with E-state index in [1.54, 1.807) is 19.9 Å². The number of allylic oxidation sites excluding steroid dienone is 2.